The van der Waals surface area contributed by atoms with Gasteiger partial charge in [0.1, 0.15) is 13.2 Å². The Bertz CT molecular complexity index is 1840. The van der Waals surface area contributed by atoms with E-state index in [1.807, 2.05) is 0 Å². The molecule has 0 saturated heterocycles. The van der Waals surface area contributed by atoms with Gasteiger partial charge in [-0.2, -0.15) is 0 Å². The van der Waals surface area contributed by atoms with E-state index >= 15 is 0 Å². The van der Waals surface area contributed by atoms with Crippen LogP contribution in [0.1, 0.15) is 43.0 Å². The fourth-order valence-corrected chi connectivity index (χ4v) is 5.89. The standard InChI is InChI=1S/C36H38N4O8/c1-22-7-6-8-32-29(22)14-28(39(32)3)17-38-31-16-36(34(46-5)13-26(31)19-42)48-21-24-9-23(10-27(11-24)40(43)44)20-47-35-15-30(37-2)25(18-41)12-33(35)45-4/h6-13,15-16,18-19,28,37-38H,14,17,20-21H2,1-5H3. The number of methoxy groups -OCH3 is 2. The van der Waals surface area contributed by atoms with Gasteiger partial charge in [0.25, 0.3) is 5.69 Å². The molecule has 12 heteroatoms. The molecule has 1 aliphatic heterocycles. The number of nitro benzene ring substituents is 1. The Morgan fingerprint density at radius 1 is 0.875 bits per heavy atom. The lowest BCUT2D eigenvalue weighted by Gasteiger charge is -2.24. The number of nitro groups is 1. The van der Waals surface area contributed by atoms with E-state index in [1.165, 1.54) is 43.2 Å². The number of hydrogen-bond donors (Lipinski definition) is 2. The van der Waals surface area contributed by atoms with Crippen LogP contribution in [-0.2, 0) is 19.6 Å². The maximum Gasteiger partial charge on any atom is 0.270 e. The Balaban J connectivity index is 1.33. The zero-order chi connectivity index (χ0) is 34.4. The van der Waals surface area contributed by atoms with Gasteiger partial charge in [-0.15, -0.1) is 0 Å². The number of aryl methyl sites for hydroxylation is 1. The van der Waals surface area contributed by atoms with Crippen LogP contribution in [0, 0.1) is 17.0 Å². The van der Waals surface area contributed by atoms with Gasteiger partial charge in [0.15, 0.2) is 35.6 Å². The lowest BCUT2D eigenvalue weighted by molar-refractivity contribution is -0.385. The minimum atomic E-state index is -0.479. The normalized spacial score (nSPS) is 13.4. The molecule has 0 saturated carbocycles. The fourth-order valence-electron chi connectivity index (χ4n) is 5.89. The number of anilines is 3. The minimum Gasteiger partial charge on any atom is -0.493 e. The molecule has 250 valence electrons. The van der Waals surface area contributed by atoms with Crippen LogP contribution >= 0.6 is 0 Å². The Kier molecular flexibility index (Phi) is 10.3. The van der Waals surface area contributed by atoms with Crippen molar-refractivity contribution in [2.45, 2.75) is 32.6 Å². The van der Waals surface area contributed by atoms with Gasteiger partial charge >= 0.3 is 0 Å². The summed E-state index contributed by atoms with van der Waals surface area (Å²) in [6.07, 6.45) is 2.35. The van der Waals surface area contributed by atoms with Crippen molar-refractivity contribution in [3.05, 3.63) is 104 Å². The molecule has 1 aliphatic rings. The summed E-state index contributed by atoms with van der Waals surface area (Å²) in [7, 11) is 6.69. The number of carbonyl (C=O) groups excluding carboxylic acids is 2. The molecule has 1 atom stereocenters. The van der Waals surface area contributed by atoms with E-state index in [1.54, 1.807) is 37.4 Å². The van der Waals surface area contributed by atoms with E-state index in [9.17, 15) is 19.7 Å². The number of non-ortho nitro benzene ring substituents is 1. The first-order valence-electron chi connectivity index (χ1n) is 15.3. The fraction of sp³-hybridized carbons (Fsp3) is 0.278. The van der Waals surface area contributed by atoms with Crippen molar-refractivity contribution in [1.82, 2.24) is 0 Å². The van der Waals surface area contributed by atoms with Crippen LogP contribution in [0.3, 0.4) is 0 Å². The Hall–Kier alpha value is -5.78. The number of benzene rings is 4. The average molecular weight is 655 g/mol. The minimum absolute atomic E-state index is 0.0148. The lowest BCUT2D eigenvalue weighted by Crippen LogP contribution is -2.34. The maximum absolute atomic E-state index is 12.0. The summed E-state index contributed by atoms with van der Waals surface area (Å²) in [6, 6.07) is 17.6. The smallest absolute Gasteiger partial charge is 0.270 e. The van der Waals surface area contributed by atoms with Crippen LogP contribution in [0.2, 0.25) is 0 Å². The summed E-state index contributed by atoms with van der Waals surface area (Å²) in [6.45, 7) is 2.66. The molecule has 48 heavy (non-hydrogen) atoms. The molecular weight excluding hydrogens is 616 g/mol. The molecule has 0 amide bonds. The first-order valence-corrected chi connectivity index (χ1v) is 15.3. The van der Waals surface area contributed by atoms with E-state index in [-0.39, 0.29) is 24.9 Å². The maximum atomic E-state index is 12.0. The molecule has 4 aromatic rings. The molecule has 0 bridgehead atoms. The molecule has 0 radical (unpaired) electrons. The van der Waals surface area contributed by atoms with Gasteiger partial charge in [0, 0.05) is 73.1 Å². The topological polar surface area (TPSA) is 142 Å². The Morgan fingerprint density at radius 2 is 1.46 bits per heavy atom. The molecule has 4 aromatic carbocycles. The first-order chi connectivity index (χ1) is 23.2. The van der Waals surface area contributed by atoms with Crippen molar-refractivity contribution in [1.29, 1.82) is 0 Å². The van der Waals surface area contributed by atoms with Crippen molar-refractivity contribution in [2.75, 3.05) is 50.4 Å². The predicted molar refractivity (Wildman–Crippen MR) is 184 cm³/mol. The SMILES string of the molecule is CNc1cc(OCc2cc(COc3cc(NCC4Cc5c(C)cccc5N4C)c(C=O)cc3OC)cc([N+](=O)[O-])c2)c(OC)cc1C=O. The van der Waals surface area contributed by atoms with Crippen LogP contribution in [0.4, 0.5) is 22.7 Å². The van der Waals surface area contributed by atoms with Gasteiger partial charge < -0.3 is 34.5 Å². The summed E-state index contributed by atoms with van der Waals surface area (Å²) < 4.78 is 23.0. The second-order valence-corrected chi connectivity index (χ2v) is 11.4. The number of ether oxygens (including phenoxy) is 4. The second-order valence-electron chi connectivity index (χ2n) is 11.4. The Labute approximate surface area is 278 Å². The summed E-state index contributed by atoms with van der Waals surface area (Å²) >= 11 is 0. The van der Waals surface area contributed by atoms with Crippen molar-refractivity contribution in [3.63, 3.8) is 0 Å². The van der Waals surface area contributed by atoms with E-state index in [4.69, 9.17) is 18.9 Å². The molecular formula is C36H38N4O8. The van der Waals surface area contributed by atoms with Gasteiger partial charge in [-0.1, -0.05) is 12.1 Å². The number of carbonyl (C=O) groups is 2. The largest absolute Gasteiger partial charge is 0.493 e. The summed E-state index contributed by atoms with van der Waals surface area (Å²) in [5.41, 5.74) is 6.66. The number of aldehydes is 2. The zero-order valence-corrected chi connectivity index (χ0v) is 27.5. The van der Waals surface area contributed by atoms with Crippen LogP contribution < -0.4 is 34.5 Å². The molecule has 1 unspecified atom stereocenters. The van der Waals surface area contributed by atoms with Gasteiger partial charge in [0.05, 0.1) is 25.2 Å². The van der Waals surface area contributed by atoms with E-state index in [0.29, 0.717) is 69.5 Å². The van der Waals surface area contributed by atoms with E-state index < -0.39 is 4.92 Å². The van der Waals surface area contributed by atoms with E-state index in [0.717, 1.165) is 12.7 Å². The second kappa shape index (κ2) is 14.8. The van der Waals surface area contributed by atoms with E-state index in [2.05, 4.69) is 47.7 Å². The highest BCUT2D eigenvalue weighted by Gasteiger charge is 2.27. The third-order valence-electron chi connectivity index (χ3n) is 8.51. The van der Waals surface area contributed by atoms with Crippen LogP contribution in [0.25, 0.3) is 0 Å². The molecule has 2 N–H and O–H groups in total. The number of rotatable bonds is 15. The quantitative estimate of drug-likeness (QED) is 0.0857. The van der Waals surface area contributed by atoms with Crippen LogP contribution in [0.15, 0.2) is 60.7 Å². The van der Waals surface area contributed by atoms with Crippen LogP contribution in [0.5, 0.6) is 23.0 Å². The third kappa shape index (κ3) is 7.12. The lowest BCUT2D eigenvalue weighted by atomic mass is 10.0. The number of likely N-dealkylation sites (N-methyl/N-ethyl adjacent to an activating group) is 1. The van der Waals surface area contributed by atoms with Crippen molar-refractivity contribution in [3.8, 4) is 23.0 Å². The average Bonchev–Trinajstić information content (AvgIpc) is 3.43. The monoisotopic (exact) mass is 654 g/mol. The molecule has 0 fully saturated rings. The van der Waals surface area contributed by atoms with Gasteiger partial charge in [-0.25, -0.2) is 0 Å². The Morgan fingerprint density at radius 3 is 1.98 bits per heavy atom. The van der Waals surface area contributed by atoms with Crippen molar-refractivity contribution in [2.24, 2.45) is 0 Å². The summed E-state index contributed by atoms with van der Waals surface area (Å²) in [5.74, 6) is 1.43. The summed E-state index contributed by atoms with van der Waals surface area (Å²) in [4.78, 5) is 37.1. The van der Waals surface area contributed by atoms with Crippen LogP contribution in [-0.4, -0.2) is 58.4 Å². The predicted octanol–water partition coefficient (Wildman–Crippen LogP) is 6.22. The summed E-state index contributed by atoms with van der Waals surface area (Å²) in [5, 5.41) is 18.2. The highest BCUT2D eigenvalue weighted by molar-refractivity contribution is 5.87. The molecule has 1 heterocycles. The number of hydrogen-bond acceptors (Lipinski definition) is 11. The van der Waals surface area contributed by atoms with Gasteiger partial charge in [-0.3, -0.25) is 19.7 Å². The highest BCUT2D eigenvalue weighted by atomic mass is 16.6. The number of fused-ring (bicyclic) bond motifs is 1. The number of nitrogens with one attached hydrogen (secondary N) is 2. The van der Waals surface area contributed by atoms with Crippen molar-refractivity contribution >= 4 is 35.3 Å². The molecule has 0 aliphatic carbocycles. The molecule has 5 rings (SSSR count). The third-order valence-corrected chi connectivity index (χ3v) is 8.51. The molecule has 12 nitrogen and oxygen atoms in total. The first kappa shape index (κ1) is 33.6. The molecule has 0 aromatic heterocycles. The van der Waals surface area contributed by atoms with Crippen molar-refractivity contribution < 1.29 is 33.5 Å². The molecule has 0 spiro atoms. The number of nitrogens with zero attached hydrogens (tertiary/aromatic N) is 2. The van der Waals surface area contributed by atoms with Gasteiger partial charge in [-0.05, 0) is 59.9 Å². The van der Waals surface area contributed by atoms with Gasteiger partial charge in [0.2, 0.25) is 0 Å². The zero-order valence-electron chi connectivity index (χ0n) is 27.5. The highest BCUT2D eigenvalue weighted by Crippen LogP contribution is 2.37.